The van der Waals surface area contributed by atoms with E-state index >= 15 is 0 Å². The highest BCUT2D eigenvalue weighted by Gasteiger charge is 2.05. The first-order valence-corrected chi connectivity index (χ1v) is 5.82. The highest BCUT2D eigenvalue weighted by molar-refractivity contribution is 5.97. The van der Waals surface area contributed by atoms with Crippen molar-refractivity contribution < 1.29 is 5.11 Å². The molecule has 0 atom stereocenters. The molecule has 3 rings (SSSR count). The maximum absolute atomic E-state index is 9.48. The lowest BCUT2D eigenvalue weighted by molar-refractivity contribution is 0.478. The topological polar surface area (TPSA) is 46.2 Å². The molecule has 0 unspecified atom stereocenters. The molecule has 0 heterocycles. The third kappa shape index (κ3) is 1.68. The lowest BCUT2D eigenvalue weighted by atomic mass is 9.98. The Balaban J connectivity index is 2.28. The van der Waals surface area contributed by atoms with Crippen LogP contribution in [-0.2, 0) is 0 Å². The van der Waals surface area contributed by atoms with Gasteiger partial charge in [0.25, 0.3) is 0 Å². The van der Waals surface area contributed by atoms with Gasteiger partial charge in [0, 0.05) is 0 Å². The molecule has 0 saturated heterocycles. The van der Waals surface area contributed by atoms with Gasteiger partial charge in [-0.05, 0) is 34.0 Å². The van der Waals surface area contributed by atoms with Crippen LogP contribution in [0.15, 0.2) is 60.7 Å². The molecule has 0 fully saturated rings. The van der Waals surface area contributed by atoms with Gasteiger partial charge in [-0.2, -0.15) is 0 Å². The van der Waals surface area contributed by atoms with Gasteiger partial charge in [0.05, 0.1) is 5.69 Å². The van der Waals surface area contributed by atoms with Crippen LogP contribution in [0.3, 0.4) is 0 Å². The molecule has 0 bridgehead atoms. The summed E-state index contributed by atoms with van der Waals surface area (Å²) in [6.07, 6.45) is 0. The van der Waals surface area contributed by atoms with Crippen LogP contribution in [-0.4, -0.2) is 5.11 Å². The van der Waals surface area contributed by atoms with Gasteiger partial charge < -0.3 is 10.8 Å². The van der Waals surface area contributed by atoms with Crippen molar-refractivity contribution in [3.63, 3.8) is 0 Å². The van der Waals surface area contributed by atoms with Gasteiger partial charge in [0.1, 0.15) is 5.75 Å². The average molecular weight is 235 g/mol. The van der Waals surface area contributed by atoms with E-state index in [0.29, 0.717) is 5.69 Å². The predicted octanol–water partition coefficient (Wildman–Crippen LogP) is 3.79. The molecule has 0 amide bonds. The van der Waals surface area contributed by atoms with Gasteiger partial charge in [-0.1, -0.05) is 48.5 Å². The zero-order valence-electron chi connectivity index (χ0n) is 9.80. The zero-order chi connectivity index (χ0) is 12.5. The van der Waals surface area contributed by atoms with Gasteiger partial charge in [-0.15, -0.1) is 0 Å². The van der Waals surface area contributed by atoms with E-state index in [4.69, 9.17) is 5.73 Å². The Morgan fingerprint density at radius 1 is 0.833 bits per heavy atom. The van der Waals surface area contributed by atoms with Crippen molar-refractivity contribution in [3.8, 4) is 16.9 Å². The molecule has 3 N–H and O–H groups in total. The molecular formula is C16H13NO. The first kappa shape index (κ1) is 10.7. The first-order chi connectivity index (χ1) is 8.75. The Morgan fingerprint density at radius 3 is 2.44 bits per heavy atom. The molecule has 0 aliphatic rings. The number of rotatable bonds is 1. The summed E-state index contributed by atoms with van der Waals surface area (Å²) in [6.45, 7) is 0. The molecule has 0 radical (unpaired) electrons. The monoisotopic (exact) mass is 235 g/mol. The van der Waals surface area contributed by atoms with Crippen LogP contribution < -0.4 is 5.73 Å². The Labute approximate surface area is 105 Å². The molecule has 0 spiro atoms. The number of hydrogen-bond acceptors (Lipinski definition) is 2. The fraction of sp³-hybridized carbons (Fsp3) is 0. The Bertz CT molecular complexity index is 714. The number of fused-ring (bicyclic) bond motifs is 1. The summed E-state index contributed by atoms with van der Waals surface area (Å²) in [6, 6.07) is 19.7. The maximum atomic E-state index is 9.48. The van der Waals surface area contributed by atoms with Crippen molar-refractivity contribution in [3.05, 3.63) is 60.7 Å². The van der Waals surface area contributed by atoms with Gasteiger partial charge in [0.2, 0.25) is 0 Å². The summed E-state index contributed by atoms with van der Waals surface area (Å²) in [5, 5.41) is 11.9. The van der Waals surface area contributed by atoms with Crippen molar-refractivity contribution >= 4 is 16.5 Å². The van der Waals surface area contributed by atoms with Crippen LogP contribution in [0.1, 0.15) is 0 Å². The van der Waals surface area contributed by atoms with E-state index < -0.39 is 0 Å². The van der Waals surface area contributed by atoms with Crippen molar-refractivity contribution in [1.29, 1.82) is 0 Å². The number of phenols is 1. The summed E-state index contributed by atoms with van der Waals surface area (Å²) in [4.78, 5) is 0. The largest absolute Gasteiger partial charge is 0.506 e. The second-order valence-electron chi connectivity index (χ2n) is 4.30. The lowest BCUT2D eigenvalue weighted by Crippen LogP contribution is -1.87. The van der Waals surface area contributed by atoms with Crippen molar-refractivity contribution in [1.82, 2.24) is 0 Å². The number of hydrogen-bond donors (Lipinski definition) is 2. The minimum atomic E-state index is 0.124. The summed E-state index contributed by atoms with van der Waals surface area (Å²) in [5.41, 5.74) is 8.30. The fourth-order valence-corrected chi connectivity index (χ4v) is 2.20. The van der Waals surface area contributed by atoms with Crippen LogP contribution in [0.25, 0.3) is 21.9 Å². The van der Waals surface area contributed by atoms with Gasteiger partial charge in [-0.3, -0.25) is 0 Å². The van der Waals surface area contributed by atoms with Gasteiger partial charge in [-0.25, -0.2) is 0 Å². The summed E-state index contributed by atoms with van der Waals surface area (Å²) in [7, 11) is 0. The molecule has 0 aliphatic carbocycles. The molecule has 3 aromatic rings. The SMILES string of the molecule is Nc1cc(-c2cccc3ccccc23)ccc1O. The molecule has 0 aromatic heterocycles. The van der Waals surface area contributed by atoms with Crippen LogP contribution >= 0.6 is 0 Å². The second kappa shape index (κ2) is 4.08. The number of nitrogens with two attached hydrogens (primary N) is 1. The quantitative estimate of drug-likeness (QED) is 0.498. The molecular weight excluding hydrogens is 222 g/mol. The first-order valence-electron chi connectivity index (χ1n) is 5.82. The fourth-order valence-electron chi connectivity index (χ4n) is 2.20. The van der Waals surface area contributed by atoms with E-state index in [-0.39, 0.29) is 5.75 Å². The van der Waals surface area contributed by atoms with E-state index in [0.717, 1.165) is 11.1 Å². The van der Waals surface area contributed by atoms with Crippen molar-refractivity contribution in [2.45, 2.75) is 0 Å². The number of nitrogen functional groups attached to an aromatic ring is 1. The van der Waals surface area contributed by atoms with Gasteiger partial charge in [0.15, 0.2) is 0 Å². The molecule has 88 valence electrons. The number of phenolic OH excluding ortho intramolecular Hbond substituents is 1. The molecule has 0 aliphatic heterocycles. The third-order valence-corrected chi connectivity index (χ3v) is 3.13. The highest BCUT2D eigenvalue weighted by Crippen LogP contribution is 2.32. The Morgan fingerprint density at radius 2 is 1.61 bits per heavy atom. The minimum absolute atomic E-state index is 0.124. The molecule has 18 heavy (non-hydrogen) atoms. The molecule has 2 nitrogen and oxygen atoms in total. The van der Waals surface area contributed by atoms with Crippen molar-refractivity contribution in [2.24, 2.45) is 0 Å². The smallest absolute Gasteiger partial charge is 0.138 e. The Kier molecular flexibility index (Phi) is 2.41. The predicted molar refractivity (Wildman–Crippen MR) is 75.5 cm³/mol. The van der Waals surface area contributed by atoms with Crippen LogP contribution in [0, 0.1) is 0 Å². The number of anilines is 1. The van der Waals surface area contributed by atoms with Crippen LogP contribution in [0.5, 0.6) is 5.75 Å². The number of benzene rings is 3. The average Bonchev–Trinajstić information content (AvgIpc) is 2.41. The van der Waals surface area contributed by atoms with E-state index in [1.54, 1.807) is 12.1 Å². The standard InChI is InChI=1S/C16H13NO/c17-15-10-12(8-9-16(15)18)14-7-3-5-11-4-1-2-6-13(11)14/h1-10,18H,17H2. The molecule has 0 saturated carbocycles. The normalized spacial score (nSPS) is 10.7. The van der Waals surface area contributed by atoms with E-state index in [2.05, 4.69) is 24.3 Å². The highest BCUT2D eigenvalue weighted by atomic mass is 16.3. The van der Waals surface area contributed by atoms with Crippen LogP contribution in [0.4, 0.5) is 5.69 Å². The van der Waals surface area contributed by atoms with Crippen LogP contribution in [0.2, 0.25) is 0 Å². The summed E-state index contributed by atoms with van der Waals surface area (Å²) in [5.74, 6) is 0.124. The van der Waals surface area contributed by atoms with Gasteiger partial charge >= 0.3 is 0 Å². The van der Waals surface area contributed by atoms with E-state index in [1.807, 2.05) is 24.3 Å². The maximum Gasteiger partial charge on any atom is 0.138 e. The zero-order valence-corrected chi connectivity index (χ0v) is 9.80. The lowest BCUT2D eigenvalue weighted by Gasteiger charge is -2.08. The van der Waals surface area contributed by atoms with E-state index in [1.165, 1.54) is 10.8 Å². The molecule has 2 heteroatoms. The van der Waals surface area contributed by atoms with Crippen molar-refractivity contribution in [2.75, 3.05) is 5.73 Å². The van der Waals surface area contributed by atoms with E-state index in [9.17, 15) is 5.11 Å². The summed E-state index contributed by atoms with van der Waals surface area (Å²) < 4.78 is 0. The number of aromatic hydroxyl groups is 1. The summed E-state index contributed by atoms with van der Waals surface area (Å²) >= 11 is 0. The third-order valence-electron chi connectivity index (χ3n) is 3.13. The Hall–Kier alpha value is -2.48. The molecule has 3 aromatic carbocycles. The second-order valence-corrected chi connectivity index (χ2v) is 4.30. The minimum Gasteiger partial charge on any atom is -0.506 e.